The molecule has 2 aromatic carbocycles. The zero-order valence-electron chi connectivity index (χ0n) is 18.8. The number of methoxy groups -OCH3 is 1. The number of nitrogens with zero attached hydrogens (tertiary/aromatic N) is 1. The van der Waals surface area contributed by atoms with E-state index in [-0.39, 0.29) is 17.9 Å². The highest BCUT2D eigenvalue weighted by molar-refractivity contribution is 5.81. The number of amides is 1. The number of para-hydroxylation sites is 1. The summed E-state index contributed by atoms with van der Waals surface area (Å²) >= 11 is 0. The number of nitriles is 1. The molecule has 2 unspecified atom stereocenters. The molecule has 1 aliphatic rings. The van der Waals surface area contributed by atoms with Crippen LogP contribution < -0.4 is 19.5 Å². The van der Waals surface area contributed by atoms with E-state index in [1.54, 1.807) is 31.4 Å². The van der Waals surface area contributed by atoms with Gasteiger partial charge in [0.25, 0.3) is 5.91 Å². The van der Waals surface area contributed by atoms with Gasteiger partial charge in [0.2, 0.25) is 0 Å². The summed E-state index contributed by atoms with van der Waals surface area (Å²) < 4.78 is 22.8. The molecule has 0 bridgehead atoms. The molecule has 1 amide bonds. The highest BCUT2D eigenvalue weighted by atomic mass is 16.5. The first-order valence-electron chi connectivity index (χ1n) is 10.9. The van der Waals surface area contributed by atoms with Crippen LogP contribution in [0.3, 0.4) is 0 Å². The molecule has 7 heteroatoms. The van der Waals surface area contributed by atoms with E-state index in [4.69, 9.17) is 18.9 Å². The molecule has 0 aliphatic carbocycles. The van der Waals surface area contributed by atoms with Gasteiger partial charge in [-0.2, -0.15) is 5.26 Å². The van der Waals surface area contributed by atoms with E-state index < -0.39 is 6.10 Å². The third-order valence-corrected chi connectivity index (χ3v) is 5.27. The Morgan fingerprint density at radius 2 is 2.03 bits per heavy atom. The second kappa shape index (κ2) is 11.4. The molecule has 0 saturated carbocycles. The van der Waals surface area contributed by atoms with Gasteiger partial charge in [-0.05, 0) is 48.6 Å². The summed E-state index contributed by atoms with van der Waals surface area (Å²) in [5.41, 5.74) is 1.27. The fourth-order valence-electron chi connectivity index (χ4n) is 3.48. The average Bonchev–Trinajstić information content (AvgIpc) is 3.33. The van der Waals surface area contributed by atoms with Crippen LogP contribution in [0.4, 0.5) is 0 Å². The van der Waals surface area contributed by atoms with E-state index in [1.807, 2.05) is 32.0 Å². The van der Waals surface area contributed by atoms with E-state index in [1.165, 1.54) is 0 Å². The maximum Gasteiger partial charge on any atom is 0.261 e. The Hall–Kier alpha value is -3.24. The Balaban J connectivity index is 1.61. The average molecular weight is 439 g/mol. The SMILES string of the molecule is COc1cc(CNC(=O)C(Oc2ccccc2C#N)C(C)C)ccc1OCC1CCCO1. The summed E-state index contributed by atoms with van der Waals surface area (Å²) in [5.74, 6) is 1.33. The van der Waals surface area contributed by atoms with Crippen molar-refractivity contribution in [2.45, 2.75) is 45.4 Å². The quantitative estimate of drug-likeness (QED) is 0.606. The van der Waals surface area contributed by atoms with Crippen LogP contribution in [0.15, 0.2) is 42.5 Å². The first-order valence-corrected chi connectivity index (χ1v) is 10.9. The molecular weight excluding hydrogens is 408 g/mol. The summed E-state index contributed by atoms with van der Waals surface area (Å²) in [6.07, 6.45) is 1.47. The monoisotopic (exact) mass is 438 g/mol. The summed E-state index contributed by atoms with van der Waals surface area (Å²) in [6, 6.07) is 14.6. The lowest BCUT2D eigenvalue weighted by Crippen LogP contribution is -2.41. The van der Waals surface area contributed by atoms with Crippen molar-refractivity contribution in [3.05, 3.63) is 53.6 Å². The molecule has 32 heavy (non-hydrogen) atoms. The Labute approximate surface area is 189 Å². The van der Waals surface area contributed by atoms with Crippen LogP contribution in [0.5, 0.6) is 17.2 Å². The first-order chi connectivity index (χ1) is 15.5. The van der Waals surface area contributed by atoms with Crippen molar-refractivity contribution in [3.63, 3.8) is 0 Å². The number of rotatable bonds is 10. The smallest absolute Gasteiger partial charge is 0.261 e. The highest BCUT2D eigenvalue weighted by Gasteiger charge is 2.25. The van der Waals surface area contributed by atoms with Gasteiger partial charge in [0, 0.05) is 13.2 Å². The third kappa shape index (κ3) is 6.14. The Morgan fingerprint density at radius 3 is 2.72 bits per heavy atom. The largest absolute Gasteiger partial charge is 0.493 e. The molecule has 0 spiro atoms. The van der Waals surface area contributed by atoms with Crippen LogP contribution >= 0.6 is 0 Å². The third-order valence-electron chi connectivity index (χ3n) is 5.27. The molecule has 1 aliphatic heterocycles. The molecule has 2 atom stereocenters. The lowest BCUT2D eigenvalue weighted by molar-refractivity contribution is -0.130. The predicted octanol–water partition coefficient (Wildman–Crippen LogP) is 3.84. The molecule has 2 aromatic rings. The number of benzene rings is 2. The van der Waals surface area contributed by atoms with Crippen molar-refractivity contribution in [1.82, 2.24) is 5.32 Å². The number of ether oxygens (including phenoxy) is 4. The zero-order chi connectivity index (χ0) is 22.9. The van der Waals surface area contributed by atoms with Gasteiger partial charge in [-0.3, -0.25) is 4.79 Å². The minimum Gasteiger partial charge on any atom is -0.493 e. The minimum atomic E-state index is -0.722. The van der Waals surface area contributed by atoms with Gasteiger partial charge in [-0.25, -0.2) is 0 Å². The fourth-order valence-corrected chi connectivity index (χ4v) is 3.48. The van der Waals surface area contributed by atoms with Crippen molar-refractivity contribution in [2.24, 2.45) is 5.92 Å². The predicted molar refractivity (Wildman–Crippen MR) is 120 cm³/mol. The van der Waals surface area contributed by atoms with Crippen LogP contribution in [-0.4, -0.2) is 38.4 Å². The lowest BCUT2D eigenvalue weighted by Gasteiger charge is -2.22. The first kappa shape index (κ1) is 23.4. The molecule has 1 N–H and O–H groups in total. The van der Waals surface area contributed by atoms with E-state index in [9.17, 15) is 10.1 Å². The van der Waals surface area contributed by atoms with Crippen LogP contribution in [0.2, 0.25) is 0 Å². The molecule has 3 rings (SSSR count). The summed E-state index contributed by atoms with van der Waals surface area (Å²) in [6.45, 7) is 5.40. The molecular formula is C25H30N2O5. The number of carbonyl (C=O) groups is 1. The van der Waals surface area contributed by atoms with E-state index in [0.29, 0.717) is 36.0 Å². The zero-order valence-corrected chi connectivity index (χ0v) is 18.8. The van der Waals surface area contributed by atoms with Crippen LogP contribution in [-0.2, 0) is 16.1 Å². The van der Waals surface area contributed by atoms with Crippen molar-refractivity contribution in [1.29, 1.82) is 5.26 Å². The van der Waals surface area contributed by atoms with E-state index in [0.717, 1.165) is 25.0 Å². The Morgan fingerprint density at radius 1 is 1.22 bits per heavy atom. The van der Waals surface area contributed by atoms with Gasteiger partial charge in [0.1, 0.15) is 18.4 Å². The topological polar surface area (TPSA) is 89.8 Å². The van der Waals surface area contributed by atoms with E-state index >= 15 is 0 Å². The highest BCUT2D eigenvalue weighted by Crippen LogP contribution is 2.29. The second-order valence-electron chi connectivity index (χ2n) is 8.04. The molecule has 0 aromatic heterocycles. The van der Waals surface area contributed by atoms with Gasteiger partial charge >= 0.3 is 0 Å². The Bertz CT molecular complexity index is 948. The number of hydrogen-bond acceptors (Lipinski definition) is 6. The molecule has 7 nitrogen and oxygen atoms in total. The van der Waals surface area contributed by atoms with Crippen LogP contribution in [0, 0.1) is 17.2 Å². The van der Waals surface area contributed by atoms with Crippen molar-refractivity contribution in [3.8, 4) is 23.3 Å². The van der Waals surface area contributed by atoms with Gasteiger partial charge in [0.05, 0.1) is 18.8 Å². The van der Waals surface area contributed by atoms with E-state index in [2.05, 4.69) is 11.4 Å². The normalized spacial score (nSPS) is 16.3. The van der Waals surface area contributed by atoms with Crippen molar-refractivity contribution >= 4 is 5.91 Å². The molecule has 1 heterocycles. The van der Waals surface area contributed by atoms with Crippen molar-refractivity contribution < 1.29 is 23.7 Å². The second-order valence-corrected chi connectivity index (χ2v) is 8.04. The molecule has 0 radical (unpaired) electrons. The lowest BCUT2D eigenvalue weighted by atomic mass is 10.1. The van der Waals surface area contributed by atoms with Gasteiger partial charge in [-0.15, -0.1) is 0 Å². The van der Waals surface area contributed by atoms with Crippen LogP contribution in [0.25, 0.3) is 0 Å². The summed E-state index contributed by atoms with van der Waals surface area (Å²) in [4.78, 5) is 12.8. The van der Waals surface area contributed by atoms with Gasteiger partial charge < -0.3 is 24.3 Å². The summed E-state index contributed by atoms with van der Waals surface area (Å²) in [5, 5.41) is 12.2. The summed E-state index contributed by atoms with van der Waals surface area (Å²) in [7, 11) is 1.59. The van der Waals surface area contributed by atoms with Crippen LogP contribution in [0.1, 0.15) is 37.8 Å². The number of hydrogen-bond donors (Lipinski definition) is 1. The maximum absolute atomic E-state index is 12.8. The number of nitrogens with one attached hydrogen (secondary N) is 1. The molecule has 170 valence electrons. The fraction of sp³-hybridized carbons (Fsp3) is 0.440. The molecule has 1 saturated heterocycles. The van der Waals surface area contributed by atoms with Gasteiger partial charge in [0.15, 0.2) is 17.6 Å². The van der Waals surface area contributed by atoms with Gasteiger partial charge in [-0.1, -0.05) is 32.0 Å². The standard InChI is InChI=1S/C25H30N2O5/c1-17(2)24(32-21-9-5-4-7-19(21)14-26)25(28)27-15-18-10-11-22(23(13-18)29-3)31-16-20-8-6-12-30-20/h4-5,7,9-11,13,17,20,24H,6,8,12,15-16H2,1-3H3,(H,27,28). The Kier molecular flexibility index (Phi) is 8.34. The minimum absolute atomic E-state index is 0.0788. The maximum atomic E-state index is 12.8. The van der Waals surface area contributed by atoms with Crippen molar-refractivity contribution in [2.75, 3.05) is 20.3 Å². The number of carbonyl (C=O) groups excluding carboxylic acids is 1. The molecule has 1 fully saturated rings.